The van der Waals surface area contributed by atoms with Crippen molar-refractivity contribution in [3.8, 4) is 0 Å². The van der Waals surface area contributed by atoms with Gasteiger partial charge < -0.3 is 15.8 Å². The summed E-state index contributed by atoms with van der Waals surface area (Å²) in [5, 5.41) is 2.97. The quantitative estimate of drug-likeness (QED) is 0.714. The first-order chi connectivity index (χ1) is 7.52. The molecule has 0 spiro atoms. The summed E-state index contributed by atoms with van der Waals surface area (Å²) in [6.45, 7) is 6.88. The first-order valence-electron chi connectivity index (χ1n) is 6.20. The van der Waals surface area contributed by atoms with Crippen LogP contribution in [0.25, 0.3) is 0 Å². The second-order valence-electron chi connectivity index (χ2n) is 4.99. The van der Waals surface area contributed by atoms with Crippen LogP contribution in [0.4, 0.5) is 0 Å². The van der Waals surface area contributed by atoms with Crippen LogP contribution >= 0.6 is 0 Å². The van der Waals surface area contributed by atoms with Crippen LogP contribution < -0.4 is 11.1 Å². The highest BCUT2D eigenvalue weighted by Crippen LogP contribution is 2.23. The molecule has 0 aliphatic heterocycles. The lowest BCUT2D eigenvalue weighted by molar-refractivity contribution is -0.125. The molecule has 1 saturated carbocycles. The number of nitrogens with one attached hydrogen (secondary N) is 1. The molecule has 0 unspecified atom stereocenters. The molecule has 1 rings (SSSR count). The van der Waals surface area contributed by atoms with Gasteiger partial charge in [-0.1, -0.05) is 13.8 Å². The summed E-state index contributed by atoms with van der Waals surface area (Å²) in [6, 6.07) is -0.103. The smallest absolute Gasteiger partial charge is 0.237 e. The molecule has 1 aliphatic carbocycles. The van der Waals surface area contributed by atoms with Crippen molar-refractivity contribution in [3.05, 3.63) is 0 Å². The van der Waals surface area contributed by atoms with E-state index in [1.54, 1.807) is 0 Å². The Hall–Kier alpha value is -0.610. The fourth-order valence-electron chi connectivity index (χ4n) is 1.98. The second-order valence-corrected chi connectivity index (χ2v) is 4.99. The number of hydrogen-bond donors (Lipinski definition) is 2. The SMILES string of the molecule is CCOC1CC(NC(=O)[C@@H](N)CC(C)C)C1. The molecule has 0 aromatic rings. The third-order valence-electron chi connectivity index (χ3n) is 2.91. The van der Waals surface area contributed by atoms with Crippen molar-refractivity contribution < 1.29 is 9.53 Å². The van der Waals surface area contributed by atoms with Crippen LogP contribution in [0.15, 0.2) is 0 Å². The van der Waals surface area contributed by atoms with Gasteiger partial charge in [0.2, 0.25) is 5.91 Å². The van der Waals surface area contributed by atoms with Crippen LogP contribution in [0.3, 0.4) is 0 Å². The number of amides is 1. The van der Waals surface area contributed by atoms with Crippen LogP contribution in [0.1, 0.15) is 40.0 Å². The summed E-state index contributed by atoms with van der Waals surface area (Å²) in [4.78, 5) is 11.7. The Morgan fingerprint density at radius 1 is 1.50 bits per heavy atom. The molecule has 0 aromatic heterocycles. The fourth-order valence-corrected chi connectivity index (χ4v) is 1.98. The van der Waals surface area contributed by atoms with Crippen LogP contribution in [-0.4, -0.2) is 30.7 Å². The molecule has 0 aromatic carbocycles. The molecule has 0 radical (unpaired) electrons. The van der Waals surface area contributed by atoms with Gasteiger partial charge in [0.15, 0.2) is 0 Å². The molecule has 0 saturated heterocycles. The van der Waals surface area contributed by atoms with E-state index in [1.807, 2.05) is 6.92 Å². The highest BCUT2D eigenvalue weighted by molar-refractivity contribution is 5.81. The lowest BCUT2D eigenvalue weighted by Gasteiger charge is -2.36. The summed E-state index contributed by atoms with van der Waals surface area (Å²) in [5.41, 5.74) is 5.80. The van der Waals surface area contributed by atoms with Crippen LogP contribution in [0.2, 0.25) is 0 Å². The van der Waals surface area contributed by atoms with Crippen molar-refractivity contribution in [1.29, 1.82) is 0 Å². The Morgan fingerprint density at radius 3 is 2.62 bits per heavy atom. The van der Waals surface area contributed by atoms with E-state index in [9.17, 15) is 4.79 Å². The summed E-state index contributed by atoms with van der Waals surface area (Å²) in [5.74, 6) is 0.437. The first kappa shape index (κ1) is 13.5. The molecular weight excluding hydrogens is 204 g/mol. The molecule has 4 nitrogen and oxygen atoms in total. The van der Waals surface area contributed by atoms with E-state index in [-0.39, 0.29) is 18.0 Å². The van der Waals surface area contributed by atoms with Gasteiger partial charge >= 0.3 is 0 Å². The molecule has 1 atom stereocenters. The highest BCUT2D eigenvalue weighted by atomic mass is 16.5. The zero-order chi connectivity index (χ0) is 12.1. The Bertz CT molecular complexity index is 225. The predicted octanol–water partition coefficient (Wildman–Crippen LogP) is 1.04. The van der Waals surface area contributed by atoms with Gasteiger partial charge in [0.1, 0.15) is 0 Å². The van der Waals surface area contributed by atoms with Crippen molar-refractivity contribution >= 4 is 5.91 Å². The van der Waals surface area contributed by atoms with E-state index in [4.69, 9.17) is 10.5 Å². The number of hydrogen-bond acceptors (Lipinski definition) is 3. The molecule has 3 N–H and O–H groups in total. The monoisotopic (exact) mass is 228 g/mol. The lowest BCUT2D eigenvalue weighted by Crippen LogP contribution is -2.52. The zero-order valence-corrected chi connectivity index (χ0v) is 10.5. The van der Waals surface area contributed by atoms with Gasteiger partial charge in [-0.15, -0.1) is 0 Å². The van der Waals surface area contributed by atoms with Gasteiger partial charge in [-0.3, -0.25) is 4.79 Å². The Kier molecular flexibility index (Phi) is 5.22. The van der Waals surface area contributed by atoms with E-state index in [0.717, 1.165) is 25.9 Å². The zero-order valence-electron chi connectivity index (χ0n) is 10.5. The third-order valence-corrected chi connectivity index (χ3v) is 2.91. The summed E-state index contributed by atoms with van der Waals surface area (Å²) in [7, 11) is 0. The van der Waals surface area contributed by atoms with E-state index in [0.29, 0.717) is 12.0 Å². The number of ether oxygens (including phenoxy) is 1. The molecule has 0 heterocycles. The van der Waals surface area contributed by atoms with Crippen LogP contribution in [-0.2, 0) is 9.53 Å². The molecule has 1 aliphatic rings. The number of carbonyl (C=O) groups excluding carboxylic acids is 1. The molecule has 94 valence electrons. The number of rotatable bonds is 6. The molecule has 16 heavy (non-hydrogen) atoms. The summed E-state index contributed by atoms with van der Waals surface area (Å²) >= 11 is 0. The minimum Gasteiger partial charge on any atom is -0.378 e. The van der Waals surface area contributed by atoms with Crippen LogP contribution in [0.5, 0.6) is 0 Å². The van der Waals surface area contributed by atoms with E-state index in [2.05, 4.69) is 19.2 Å². The maximum atomic E-state index is 11.7. The molecule has 0 bridgehead atoms. The van der Waals surface area contributed by atoms with E-state index >= 15 is 0 Å². The maximum absolute atomic E-state index is 11.7. The summed E-state index contributed by atoms with van der Waals surface area (Å²) in [6.07, 6.45) is 2.92. The molecule has 4 heteroatoms. The number of carbonyl (C=O) groups is 1. The van der Waals surface area contributed by atoms with Gasteiger partial charge in [0, 0.05) is 12.6 Å². The Labute approximate surface area is 97.9 Å². The normalized spacial score (nSPS) is 26.3. The Morgan fingerprint density at radius 2 is 2.12 bits per heavy atom. The average molecular weight is 228 g/mol. The largest absolute Gasteiger partial charge is 0.378 e. The lowest BCUT2D eigenvalue weighted by atomic mass is 9.88. The van der Waals surface area contributed by atoms with E-state index in [1.165, 1.54) is 0 Å². The standard InChI is InChI=1S/C12H24N2O2/c1-4-16-10-6-9(7-10)14-12(15)11(13)5-8(2)3/h8-11H,4-7,13H2,1-3H3,(H,14,15)/t9?,10?,11-/m0/s1. The minimum atomic E-state index is -0.369. The van der Waals surface area contributed by atoms with Gasteiger partial charge in [-0.2, -0.15) is 0 Å². The van der Waals surface area contributed by atoms with Gasteiger partial charge in [0.05, 0.1) is 12.1 Å². The Balaban J connectivity index is 2.16. The van der Waals surface area contributed by atoms with Crippen molar-refractivity contribution in [2.45, 2.75) is 58.2 Å². The van der Waals surface area contributed by atoms with Crippen LogP contribution in [0, 0.1) is 5.92 Å². The van der Waals surface area contributed by atoms with Gasteiger partial charge in [0.25, 0.3) is 0 Å². The second kappa shape index (κ2) is 6.21. The maximum Gasteiger partial charge on any atom is 0.237 e. The summed E-state index contributed by atoms with van der Waals surface area (Å²) < 4.78 is 5.43. The topological polar surface area (TPSA) is 64.3 Å². The molecule has 1 fully saturated rings. The first-order valence-corrected chi connectivity index (χ1v) is 6.20. The van der Waals surface area contributed by atoms with Crippen molar-refractivity contribution in [2.75, 3.05) is 6.61 Å². The minimum absolute atomic E-state index is 0.0198. The van der Waals surface area contributed by atoms with Gasteiger partial charge in [-0.25, -0.2) is 0 Å². The van der Waals surface area contributed by atoms with Gasteiger partial charge in [-0.05, 0) is 32.1 Å². The molecule has 1 amide bonds. The van der Waals surface area contributed by atoms with Crippen molar-refractivity contribution in [1.82, 2.24) is 5.32 Å². The highest BCUT2D eigenvalue weighted by Gasteiger charge is 2.31. The predicted molar refractivity (Wildman–Crippen MR) is 64.0 cm³/mol. The van der Waals surface area contributed by atoms with Crippen molar-refractivity contribution in [2.24, 2.45) is 11.7 Å². The fraction of sp³-hybridized carbons (Fsp3) is 0.917. The average Bonchev–Trinajstić information content (AvgIpc) is 2.13. The third kappa shape index (κ3) is 4.10. The number of nitrogens with two attached hydrogens (primary N) is 1. The van der Waals surface area contributed by atoms with Crippen molar-refractivity contribution in [3.63, 3.8) is 0 Å². The van der Waals surface area contributed by atoms with E-state index < -0.39 is 0 Å². The molecular formula is C12H24N2O2.